The molecule has 0 bridgehead atoms. The third-order valence-corrected chi connectivity index (χ3v) is 8.07. The van der Waals surface area contributed by atoms with Crippen molar-refractivity contribution < 1.29 is 49.7 Å². The monoisotopic (exact) mass is 604 g/mol. The highest BCUT2D eigenvalue weighted by Crippen LogP contribution is 2.41. The summed E-state index contributed by atoms with van der Waals surface area (Å²) in [6, 6.07) is 6.51. The summed E-state index contributed by atoms with van der Waals surface area (Å²) < 4.78 is 112. The highest BCUT2D eigenvalue weighted by molar-refractivity contribution is 5.72. The maximum Gasteiger partial charge on any atom is 0.419 e. The predicted octanol–water partition coefficient (Wildman–Crippen LogP) is 8.79. The van der Waals surface area contributed by atoms with Crippen molar-refractivity contribution in [1.82, 2.24) is 0 Å². The van der Waals surface area contributed by atoms with Gasteiger partial charge in [-0.05, 0) is 81.5 Å². The molecule has 4 nitrogen and oxygen atoms in total. The lowest BCUT2D eigenvalue weighted by molar-refractivity contribution is -0.225. The van der Waals surface area contributed by atoms with Crippen LogP contribution in [0.25, 0.3) is 0 Å². The first-order valence-corrected chi connectivity index (χ1v) is 14.4. The molecule has 0 N–H and O–H groups in total. The van der Waals surface area contributed by atoms with Gasteiger partial charge in [0.2, 0.25) is 0 Å². The summed E-state index contributed by atoms with van der Waals surface area (Å²) in [7, 11) is 0. The number of carbonyl (C=O) groups excluding carboxylic acids is 1. The van der Waals surface area contributed by atoms with Gasteiger partial charge in [0.05, 0.1) is 30.1 Å². The van der Waals surface area contributed by atoms with Crippen LogP contribution in [0.2, 0.25) is 0 Å². The Labute approximate surface area is 240 Å². The molecule has 2 saturated carbocycles. The van der Waals surface area contributed by atoms with Crippen molar-refractivity contribution in [2.24, 2.45) is 11.8 Å². The van der Waals surface area contributed by atoms with Gasteiger partial charge in [-0.15, -0.1) is 0 Å². The molecular formula is C31H35F7O4. The van der Waals surface area contributed by atoms with Gasteiger partial charge in [-0.25, -0.2) is 8.78 Å². The van der Waals surface area contributed by atoms with E-state index in [2.05, 4.69) is 4.74 Å². The summed E-state index contributed by atoms with van der Waals surface area (Å²) in [5.41, 5.74) is -0.123. The zero-order valence-corrected chi connectivity index (χ0v) is 23.3. The lowest BCUT2D eigenvalue weighted by Gasteiger charge is -2.34. The summed E-state index contributed by atoms with van der Waals surface area (Å²) in [6.45, 7) is 2.19. The summed E-state index contributed by atoms with van der Waals surface area (Å²) in [4.78, 5) is 12.7. The van der Waals surface area contributed by atoms with Crippen molar-refractivity contribution >= 4 is 5.97 Å². The minimum atomic E-state index is -4.95. The Morgan fingerprint density at radius 3 is 2.10 bits per heavy atom. The van der Waals surface area contributed by atoms with Crippen LogP contribution < -0.4 is 4.74 Å². The topological polar surface area (TPSA) is 44.8 Å². The van der Waals surface area contributed by atoms with Gasteiger partial charge >= 0.3 is 18.3 Å². The Morgan fingerprint density at radius 2 is 1.50 bits per heavy atom. The number of esters is 1. The molecule has 0 aromatic heterocycles. The van der Waals surface area contributed by atoms with E-state index in [1.165, 1.54) is 6.07 Å². The zero-order valence-electron chi connectivity index (χ0n) is 23.3. The first-order valence-electron chi connectivity index (χ1n) is 14.4. The van der Waals surface area contributed by atoms with E-state index < -0.39 is 41.4 Å². The van der Waals surface area contributed by atoms with Gasteiger partial charge in [0.25, 0.3) is 0 Å². The average molecular weight is 605 g/mol. The summed E-state index contributed by atoms with van der Waals surface area (Å²) in [5, 5.41) is 0. The number of rotatable bonds is 10. The molecule has 0 spiro atoms. The molecular weight excluding hydrogens is 569 g/mol. The Hall–Kier alpha value is -2.82. The van der Waals surface area contributed by atoms with Crippen LogP contribution in [0.5, 0.6) is 5.75 Å². The number of alkyl halides is 5. The van der Waals surface area contributed by atoms with E-state index in [1.54, 1.807) is 6.07 Å². The second-order valence-corrected chi connectivity index (χ2v) is 11.2. The smallest absolute Gasteiger partial charge is 0.419 e. The van der Waals surface area contributed by atoms with Crippen molar-refractivity contribution in [1.29, 1.82) is 0 Å². The number of aryl methyl sites for hydroxylation is 1. The van der Waals surface area contributed by atoms with Crippen LogP contribution in [-0.2, 0) is 33.5 Å². The summed E-state index contributed by atoms with van der Waals surface area (Å²) >= 11 is 0. The van der Waals surface area contributed by atoms with Crippen LogP contribution in [0.4, 0.5) is 30.7 Å². The number of hydrogen-bond acceptors (Lipinski definition) is 4. The summed E-state index contributed by atoms with van der Waals surface area (Å²) in [5.74, 6) is -4.65. The van der Waals surface area contributed by atoms with E-state index in [0.29, 0.717) is 49.4 Å². The second kappa shape index (κ2) is 13.7. The van der Waals surface area contributed by atoms with Crippen LogP contribution >= 0.6 is 0 Å². The van der Waals surface area contributed by atoms with E-state index in [9.17, 15) is 35.5 Å². The fraction of sp³-hybridized carbons (Fsp3) is 0.581. The standard InChI is InChI=1S/C31H35F7O4/c1-2-3-19-4-5-21(27(32)16-19)18-40-23-10-6-20(7-11-23)29(39)41-24-12-8-22(9-13-24)31(37,38)42-25-14-15-26(28(33)17-25)30(34,35)36/h4-5,14-17,20,22-24H,2-3,6-13,18H2,1H3. The van der Waals surface area contributed by atoms with Crippen molar-refractivity contribution in [2.75, 3.05) is 0 Å². The number of hydrogen-bond donors (Lipinski definition) is 0. The van der Waals surface area contributed by atoms with Crippen molar-refractivity contribution in [3.8, 4) is 5.75 Å². The lowest BCUT2D eigenvalue weighted by Crippen LogP contribution is -2.39. The first-order chi connectivity index (χ1) is 19.9. The molecule has 4 rings (SSSR count). The van der Waals surface area contributed by atoms with E-state index in [0.717, 1.165) is 18.4 Å². The SMILES string of the molecule is CCCc1ccc(COC2CCC(C(=O)OC3CCC(C(F)(F)Oc4ccc(C(F)(F)F)c(F)c4)CC3)CC2)c(F)c1. The fourth-order valence-corrected chi connectivity index (χ4v) is 5.63. The number of carbonyl (C=O) groups is 1. The Balaban J connectivity index is 1.18. The second-order valence-electron chi connectivity index (χ2n) is 11.2. The van der Waals surface area contributed by atoms with Crippen molar-refractivity contribution in [3.05, 3.63) is 64.7 Å². The quantitative estimate of drug-likeness (QED) is 0.201. The highest BCUT2D eigenvalue weighted by Gasteiger charge is 2.45. The average Bonchev–Trinajstić information content (AvgIpc) is 2.92. The van der Waals surface area contributed by atoms with Crippen LogP contribution in [0.1, 0.15) is 81.4 Å². The van der Waals surface area contributed by atoms with E-state index in [-0.39, 0.29) is 56.1 Å². The third kappa shape index (κ3) is 8.39. The Kier molecular flexibility index (Phi) is 10.4. The largest absolute Gasteiger partial charge is 0.462 e. The molecule has 2 aromatic carbocycles. The van der Waals surface area contributed by atoms with Crippen molar-refractivity contribution in [2.45, 2.75) is 102 Å². The molecule has 0 unspecified atom stereocenters. The minimum Gasteiger partial charge on any atom is -0.462 e. The number of benzene rings is 2. The maximum absolute atomic E-state index is 14.7. The Morgan fingerprint density at radius 1 is 0.833 bits per heavy atom. The van der Waals surface area contributed by atoms with Crippen LogP contribution in [-0.4, -0.2) is 24.3 Å². The van der Waals surface area contributed by atoms with Crippen LogP contribution in [0.3, 0.4) is 0 Å². The van der Waals surface area contributed by atoms with Gasteiger partial charge < -0.3 is 14.2 Å². The molecule has 0 aliphatic heterocycles. The molecule has 2 aromatic rings. The number of ether oxygens (including phenoxy) is 3. The third-order valence-electron chi connectivity index (χ3n) is 8.07. The molecule has 11 heteroatoms. The molecule has 0 saturated heterocycles. The Bertz CT molecular complexity index is 1200. The van der Waals surface area contributed by atoms with Crippen molar-refractivity contribution in [3.63, 3.8) is 0 Å². The fourth-order valence-electron chi connectivity index (χ4n) is 5.63. The molecule has 0 heterocycles. The van der Waals surface area contributed by atoms with Crippen LogP contribution in [0.15, 0.2) is 36.4 Å². The van der Waals surface area contributed by atoms with Gasteiger partial charge in [-0.3, -0.25) is 4.79 Å². The van der Waals surface area contributed by atoms with E-state index in [4.69, 9.17) is 9.47 Å². The highest BCUT2D eigenvalue weighted by atomic mass is 19.4. The molecule has 232 valence electrons. The van der Waals surface area contributed by atoms with Gasteiger partial charge in [0, 0.05) is 11.6 Å². The zero-order chi connectivity index (χ0) is 30.5. The van der Waals surface area contributed by atoms with E-state index in [1.807, 2.05) is 13.0 Å². The number of halogens is 7. The van der Waals surface area contributed by atoms with Gasteiger partial charge in [-0.2, -0.15) is 22.0 Å². The molecule has 2 aliphatic carbocycles. The minimum absolute atomic E-state index is 0.0371. The lowest BCUT2D eigenvalue weighted by atomic mass is 9.85. The molecule has 0 radical (unpaired) electrons. The van der Waals surface area contributed by atoms with E-state index >= 15 is 0 Å². The van der Waals surface area contributed by atoms with Gasteiger partial charge in [0.1, 0.15) is 23.5 Å². The predicted molar refractivity (Wildman–Crippen MR) is 140 cm³/mol. The summed E-state index contributed by atoms with van der Waals surface area (Å²) in [6.07, 6.45) is -4.94. The van der Waals surface area contributed by atoms with Gasteiger partial charge in [0.15, 0.2) is 0 Å². The molecule has 2 aliphatic rings. The maximum atomic E-state index is 14.7. The molecule has 42 heavy (non-hydrogen) atoms. The van der Waals surface area contributed by atoms with Gasteiger partial charge in [-0.1, -0.05) is 25.5 Å². The normalized spacial score (nSPS) is 23.4. The van der Waals surface area contributed by atoms with Crippen LogP contribution in [0, 0.1) is 23.5 Å². The molecule has 0 atom stereocenters. The first kappa shape index (κ1) is 32.1. The molecule has 2 fully saturated rings. The molecule has 0 amide bonds.